The van der Waals surface area contributed by atoms with Gasteiger partial charge in [0, 0.05) is 34.4 Å². The number of benzene rings is 4. The minimum absolute atomic E-state index is 0.0343. The lowest BCUT2D eigenvalue weighted by atomic mass is 9.81. The molecule has 1 saturated heterocycles. The fraction of sp³-hybridized carbons (Fsp3) is 0.295. The molecule has 53 heavy (non-hydrogen) atoms. The van der Waals surface area contributed by atoms with Crippen LogP contribution in [-0.2, 0) is 20.8 Å². The summed E-state index contributed by atoms with van der Waals surface area (Å²) in [4.78, 5) is 33.8. The standard InChI is InChI=1S/C44H42ClN3O5/c1-51-34-15-17-35(28-8-13-33(45)14-9-28)37(26-34)39-19-11-30-24-31(12-18-38(30)46-39)43-42(29-6-4-3-5-7-29)36-16-10-32(44(50)52-2)25-40(36)48(43)27-41(49)47-20-22-53-23-21-47/h8-19,24-26,29H,3-7,20-23,27H2,1-2H3. The van der Waals surface area contributed by atoms with Crippen LogP contribution in [0.3, 0.4) is 0 Å². The first-order valence-corrected chi connectivity index (χ1v) is 18.7. The Morgan fingerprint density at radius 1 is 0.830 bits per heavy atom. The first-order chi connectivity index (χ1) is 25.9. The number of ether oxygens (including phenoxy) is 3. The van der Waals surface area contributed by atoms with Gasteiger partial charge < -0.3 is 23.7 Å². The van der Waals surface area contributed by atoms with E-state index in [4.69, 9.17) is 30.8 Å². The molecule has 9 heteroatoms. The molecule has 6 aromatic rings. The number of nitrogens with zero attached hydrogens (tertiary/aromatic N) is 3. The van der Waals surface area contributed by atoms with E-state index in [1.807, 2.05) is 59.5 Å². The molecule has 8 nitrogen and oxygen atoms in total. The lowest BCUT2D eigenvalue weighted by molar-refractivity contribution is -0.135. The minimum Gasteiger partial charge on any atom is -0.497 e. The van der Waals surface area contributed by atoms with E-state index in [1.54, 1.807) is 7.11 Å². The van der Waals surface area contributed by atoms with Crippen molar-refractivity contribution in [3.63, 3.8) is 0 Å². The number of rotatable bonds is 8. The molecule has 0 N–H and O–H groups in total. The highest BCUT2D eigenvalue weighted by Gasteiger charge is 2.29. The SMILES string of the molecule is COC(=O)c1ccc2c(C3CCCCC3)c(-c3ccc4nc(-c5cc(OC)ccc5-c5ccc(Cl)cc5)ccc4c3)n(CC(=O)N3CCOCC3)c2c1. The van der Waals surface area contributed by atoms with Gasteiger partial charge in [-0.2, -0.15) is 0 Å². The van der Waals surface area contributed by atoms with Gasteiger partial charge in [0.05, 0.1) is 55.4 Å². The molecule has 1 saturated carbocycles. The Morgan fingerprint density at radius 3 is 2.36 bits per heavy atom. The van der Waals surface area contributed by atoms with E-state index in [1.165, 1.54) is 19.1 Å². The van der Waals surface area contributed by atoms with Gasteiger partial charge in [-0.25, -0.2) is 9.78 Å². The van der Waals surface area contributed by atoms with Gasteiger partial charge in [0.15, 0.2) is 0 Å². The summed E-state index contributed by atoms with van der Waals surface area (Å²) in [7, 11) is 3.07. The van der Waals surface area contributed by atoms with Crippen molar-refractivity contribution in [3.05, 3.63) is 107 Å². The van der Waals surface area contributed by atoms with Crippen LogP contribution in [0.2, 0.25) is 5.02 Å². The number of carbonyl (C=O) groups is 2. The number of amides is 1. The summed E-state index contributed by atoms with van der Waals surface area (Å²) in [5.74, 6) is 0.718. The molecule has 0 spiro atoms. The molecule has 1 amide bonds. The highest BCUT2D eigenvalue weighted by atomic mass is 35.5. The quantitative estimate of drug-likeness (QED) is 0.145. The predicted molar refractivity (Wildman–Crippen MR) is 210 cm³/mol. The molecule has 0 bridgehead atoms. The van der Waals surface area contributed by atoms with Crippen LogP contribution in [0.5, 0.6) is 5.75 Å². The van der Waals surface area contributed by atoms with Crippen LogP contribution in [0.4, 0.5) is 0 Å². The van der Waals surface area contributed by atoms with Gasteiger partial charge >= 0.3 is 5.97 Å². The summed E-state index contributed by atoms with van der Waals surface area (Å²) in [6, 6.07) is 30.2. The van der Waals surface area contributed by atoms with E-state index in [2.05, 4.69) is 41.0 Å². The molecule has 270 valence electrons. The fourth-order valence-electron chi connectivity index (χ4n) is 8.12. The molecule has 1 aliphatic heterocycles. The molecule has 0 atom stereocenters. The first kappa shape index (κ1) is 34.9. The topological polar surface area (TPSA) is 82.9 Å². The maximum absolute atomic E-state index is 14.0. The molecule has 2 aliphatic rings. The summed E-state index contributed by atoms with van der Waals surface area (Å²) in [6.45, 7) is 2.34. The lowest BCUT2D eigenvalue weighted by Crippen LogP contribution is -2.42. The number of aromatic nitrogens is 2. The Balaban J connectivity index is 1.28. The normalized spacial score (nSPS) is 15.2. The number of fused-ring (bicyclic) bond motifs is 2. The second-order valence-corrected chi connectivity index (χ2v) is 14.4. The third-order valence-electron chi connectivity index (χ3n) is 10.8. The highest BCUT2D eigenvalue weighted by molar-refractivity contribution is 6.30. The Bertz CT molecular complexity index is 2320. The van der Waals surface area contributed by atoms with E-state index in [-0.39, 0.29) is 12.5 Å². The summed E-state index contributed by atoms with van der Waals surface area (Å²) in [5.41, 5.74) is 9.34. The minimum atomic E-state index is -0.400. The van der Waals surface area contributed by atoms with Gasteiger partial charge in [0.1, 0.15) is 12.3 Å². The van der Waals surface area contributed by atoms with Gasteiger partial charge in [0.2, 0.25) is 5.91 Å². The number of morpholine rings is 1. The molecule has 4 aromatic carbocycles. The molecule has 2 fully saturated rings. The molecule has 8 rings (SSSR count). The summed E-state index contributed by atoms with van der Waals surface area (Å²) in [6.07, 6.45) is 5.71. The number of hydrogen-bond acceptors (Lipinski definition) is 6. The van der Waals surface area contributed by atoms with Crippen LogP contribution in [0.1, 0.15) is 53.9 Å². The Kier molecular flexibility index (Phi) is 9.90. The average Bonchev–Trinajstić information content (AvgIpc) is 3.53. The van der Waals surface area contributed by atoms with Crippen molar-refractivity contribution >= 4 is 45.3 Å². The maximum Gasteiger partial charge on any atom is 0.337 e. The second kappa shape index (κ2) is 15.0. The largest absolute Gasteiger partial charge is 0.497 e. The third kappa shape index (κ3) is 6.89. The van der Waals surface area contributed by atoms with Crippen LogP contribution in [0.15, 0.2) is 91.0 Å². The summed E-state index contributed by atoms with van der Waals surface area (Å²) >= 11 is 6.22. The number of esters is 1. The van der Waals surface area contributed by atoms with Gasteiger partial charge in [-0.3, -0.25) is 4.79 Å². The predicted octanol–water partition coefficient (Wildman–Crippen LogP) is 9.55. The van der Waals surface area contributed by atoms with E-state index in [9.17, 15) is 9.59 Å². The van der Waals surface area contributed by atoms with Crippen molar-refractivity contribution in [1.29, 1.82) is 0 Å². The monoisotopic (exact) mass is 727 g/mol. The molecule has 3 heterocycles. The smallest absolute Gasteiger partial charge is 0.337 e. The zero-order chi connectivity index (χ0) is 36.5. The average molecular weight is 728 g/mol. The lowest BCUT2D eigenvalue weighted by Gasteiger charge is -2.28. The Labute approximate surface area is 314 Å². The van der Waals surface area contributed by atoms with E-state index in [0.29, 0.717) is 42.8 Å². The van der Waals surface area contributed by atoms with E-state index < -0.39 is 5.97 Å². The van der Waals surface area contributed by atoms with Crippen molar-refractivity contribution < 1.29 is 23.8 Å². The van der Waals surface area contributed by atoms with E-state index >= 15 is 0 Å². The fourth-order valence-corrected chi connectivity index (χ4v) is 8.24. The number of hydrogen-bond donors (Lipinski definition) is 0. The van der Waals surface area contributed by atoms with Crippen LogP contribution >= 0.6 is 11.6 Å². The van der Waals surface area contributed by atoms with Crippen molar-refractivity contribution in [1.82, 2.24) is 14.5 Å². The summed E-state index contributed by atoms with van der Waals surface area (Å²) in [5, 5.41) is 2.75. The zero-order valence-corrected chi connectivity index (χ0v) is 30.8. The van der Waals surface area contributed by atoms with Gasteiger partial charge in [0.25, 0.3) is 0 Å². The molecule has 0 radical (unpaired) electrons. The summed E-state index contributed by atoms with van der Waals surface area (Å²) < 4.78 is 18.4. The highest BCUT2D eigenvalue weighted by Crippen LogP contribution is 2.45. The molecular formula is C44H42ClN3O5. The van der Waals surface area contributed by atoms with Crippen LogP contribution < -0.4 is 4.74 Å². The van der Waals surface area contributed by atoms with Crippen LogP contribution in [-0.4, -0.2) is 66.9 Å². The van der Waals surface area contributed by atoms with Gasteiger partial charge in [-0.05, 0) is 95.6 Å². The van der Waals surface area contributed by atoms with Gasteiger partial charge in [-0.1, -0.05) is 67.3 Å². The zero-order valence-electron chi connectivity index (χ0n) is 30.1. The van der Waals surface area contributed by atoms with E-state index in [0.717, 1.165) is 86.9 Å². The number of pyridine rings is 1. The van der Waals surface area contributed by atoms with Crippen LogP contribution in [0, 0.1) is 0 Å². The third-order valence-corrected chi connectivity index (χ3v) is 11.1. The molecule has 2 aromatic heterocycles. The number of methoxy groups -OCH3 is 2. The van der Waals surface area contributed by atoms with Gasteiger partial charge in [-0.15, -0.1) is 0 Å². The number of carbonyl (C=O) groups excluding carboxylic acids is 2. The van der Waals surface area contributed by atoms with Crippen molar-refractivity contribution in [2.45, 2.75) is 44.6 Å². The van der Waals surface area contributed by atoms with Crippen molar-refractivity contribution in [2.24, 2.45) is 0 Å². The van der Waals surface area contributed by atoms with Crippen LogP contribution in [0.25, 0.3) is 55.4 Å². The maximum atomic E-state index is 14.0. The molecule has 1 aliphatic carbocycles. The van der Waals surface area contributed by atoms with Crippen molar-refractivity contribution in [3.8, 4) is 39.4 Å². The Morgan fingerprint density at radius 2 is 1.60 bits per heavy atom. The Hall–Kier alpha value is -5.18. The molecule has 0 unspecified atom stereocenters. The first-order valence-electron chi connectivity index (χ1n) is 18.4. The van der Waals surface area contributed by atoms with Crippen molar-refractivity contribution in [2.75, 3.05) is 40.5 Å². The number of halogens is 1. The second-order valence-electron chi connectivity index (χ2n) is 13.9. The molecular weight excluding hydrogens is 686 g/mol.